The summed E-state index contributed by atoms with van der Waals surface area (Å²) < 4.78 is 11.8. The molecule has 1 heterocycles. The van der Waals surface area contributed by atoms with Crippen molar-refractivity contribution < 1.29 is 19.1 Å². The van der Waals surface area contributed by atoms with Gasteiger partial charge in [0.15, 0.2) is 5.69 Å². The van der Waals surface area contributed by atoms with Crippen molar-refractivity contribution in [3.8, 4) is 11.4 Å². The number of hydrogen-bond donors (Lipinski definition) is 0. The van der Waals surface area contributed by atoms with Crippen LogP contribution in [-0.2, 0) is 9.53 Å². The molecule has 134 valence electrons. The van der Waals surface area contributed by atoms with E-state index in [1.54, 1.807) is 38.8 Å². The number of ether oxygens (including phenoxy) is 2. The number of aryl methyl sites for hydroxylation is 1. The molecule has 0 spiro atoms. The quantitative estimate of drug-likeness (QED) is 0.751. The van der Waals surface area contributed by atoms with Crippen LogP contribution in [0.3, 0.4) is 0 Å². The fourth-order valence-corrected chi connectivity index (χ4v) is 2.34. The Hall–Kier alpha value is -2.83. The van der Waals surface area contributed by atoms with Gasteiger partial charge >= 0.3 is 5.97 Å². The third-order valence-corrected chi connectivity index (χ3v) is 3.95. The molecular formula is C18H23N3O4. The summed E-state index contributed by atoms with van der Waals surface area (Å²) in [7, 11) is 3.16. The van der Waals surface area contributed by atoms with E-state index in [0.717, 1.165) is 17.1 Å². The van der Waals surface area contributed by atoms with E-state index in [9.17, 15) is 9.59 Å². The smallest absolute Gasteiger partial charge is 0.328 e. The summed E-state index contributed by atoms with van der Waals surface area (Å²) in [4.78, 5) is 25.8. The first-order chi connectivity index (χ1) is 11.9. The van der Waals surface area contributed by atoms with Crippen molar-refractivity contribution in [1.29, 1.82) is 0 Å². The Morgan fingerprint density at radius 2 is 1.92 bits per heavy atom. The highest BCUT2D eigenvalue weighted by atomic mass is 16.5. The first kappa shape index (κ1) is 18.5. The molecule has 0 N–H and O–H groups in total. The largest absolute Gasteiger partial charge is 0.497 e. The van der Waals surface area contributed by atoms with E-state index >= 15 is 0 Å². The van der Waals surface area contributed by atoms with Crippen LogP contribution in [0.25, 0.3) is 5.69 Å². The molecular weight excluding hydrogens is 322 g/mol. The van der Waals surface area contributed by atoms with Crippen molar-refractivity contribution in [3.63, 3.8) is 0 Å². The fourth-order valence-electron chi connectivity index (χ4n) is 2.34. The molecule has 0 aliphatic rings. The Morgan fingerprint density at radius 1 is 1.28 bits per heavy atom. The number of benzene rings is 1. The van der Waals surface area contributed by atoms with E-state index in [1.807, 2.05) is 31.2 Å². The number of aromatic nitrogens is 2. The fraction of sp³-hybridized carbons (Fsp3) is 0.389. The maximum atomic E-state index is 12.6. The molecule has 1 aromatic carbocycles. The summed E-state index contributed by atoms with van der Waals surface area (Å²) in [5, 5.41) is 4.38. The average molecular weight is 345 g/mol. The molecule has 7 heteroatoms. The van der Waals surface area contributed by atoms with Crippen LogP contribution in [0.5, 0.6) is 5.75 Å². The minimum Gasteiger partial charge on any atom is -0.497 e. The highest BCUT2D eigenvalue weighted by Gasteiger charge is 2.26. The number of esters is 1. The highest BCUT2D eigenvalue weighted by Crippen LogP contribution is 2.17. The van der Waals surface area contributed by atoms with Crippen LogP contribution in [0.2, 0.25) is 0 Å². The minimum atomic E-state index is -0.682. The summed E-state index contributed by atoms with van der Waals surface area (Å²) >= 11 is 0. The number of likely N-dealkylation sites (N-methyl/N-ethyl adjacent to an activating group) is 1. The number of amides is 1. The summed E-state index contributed by atoms with van der Waals surface area (Å²) in [6.07, 6.45) is 0. The highest BCUT2D eigenvalue weighted by molar-refractivity contribution is 5.95. The third kappa shape index (κ3) is 3.99. The Kier molecular flexibility index (Phi) is 5.80. The lowest BCUT2D eigenvalue weighted by Gasteiger charge is -2.22. The monoisotopic (exact) mass is 345 g/mol. The Morgan fingerprint density at radius 3 is 2.48 bits per heavy atom. The Balaban J connectivity index is 2.23. The lowest BCUT2D eigenvalue weighted by atomic mass is 10.2. The number of carbonyl (C=O) groups excluding carboxylic acids is 2. The van der Waals surface area contributed by atoms with Crippen LogP contribution in [0.1, 0.15) is 30.0 Å². The van der Waals surface area contributed by atoms with E-state index in [2.05, 4.69) is 5.10 Å². The van der Waals surface area contributed by atoms with Crippen LogP contribution in [0.15, 0.2) is 30.3 Å². The van der Waals surface area contributed by atoms with Gasteiger partial charge in [-0.2, -0.15) is 5.10 Å². The third-order valence-electron chi connectivity index (χ3n) is 3.95. The molecule has 1 atom stereocenters. The molecule has 25 heavy (non-hydrogen) atoms. The maximum Gasteiger partial charge on any atom is 0.328 e. The van der Waals surface area contributed by atoms with E-state index in [4.69, 9.17) is 9.47 Å². The van der Waals surface area contributed by atoms with E-state index in [1.165, 1.54) is 4.90 Å². The van der Waals surface area contributed by atoms with Gasteiger partial charge < -0.3 is 14.4 Å². The van der Waals surface area contributed by atoms with Gasteiger partial charge in [0.1, 0.15) is 11.8 Å². The van der Waals surface area contributed by atoms with Crippen molar-refractivity contribution in [2.75, 3.05) is 20.8 Å². The second kappa shape index (κ2) is 7.83. The van der Waals surface area contributed by atoms with Gasteiger partial charge in [-0.05, 0) is 51.1 Å². The zero-order valence-corrected chi connectivity index (χ0v) is 15.1. The molecule has 0 bridgehead atoms. The van der Waals surface area contributed by atoms with Gasteiger partial charge in [0.05, 0.1) is 19.4 Å². The predicted octanol–water partition coefficient (Wildman–Crippen LogP) is 2.21. The molecule has 1 aromatic heterocycles. The van der Waals surface area contributed by atoms with Crippen LogP contribution >= 0.6 is 0 Å². The number of methoxy groups -OCH3 is 1. The van der Waals surface area contributed by atoms with Crippen LogP contribution in [0.4, 0.5) is 0 Å². The molecule has 1 amide bonds. The summed E-state index contributed by atoms with van der Waals surface area (Å²) in [6, 6.07) is 8.38. The van der Waals surface area contributed by atoms with Crippen molar-refractivity contribution in [2.24, 2.45) is 0 Å². The number of hydrogen-bond acceptors (Lipinski definition) is 5. The van der Waals surface area contributed by atoms with E-state index in [-0.39, 0.29) is 18.2 Å². The van der Waals surface area contributed by atoms with Gasteiger partial charge in [0.25, 0.3) is 5.91 Å². The first-order valence-corrected chi connectivity index (χ1v) is 8.04. The second-order valence-corrected chi connectivity index (χ2v) is 5.62. The zero-order valence-electron chi connectivity index (χ0n) is 15.1. The molecule has 0 saturated heterocycles. The van der Waals surface area contributed by atoms with Crippen molar-refractivity contribution in [3.05, 3.63) is 41.7 Å². The molecule has 0 aliphatic heterocycles. The molecule has 0 aliphatic carbocycles. The van der Waals surface area contributed by atoms with E-state index < -0.39 is 12.0 Å². The van der Waals surface area contributed by atoms with Gasteiger partial charge in [-0.3, -0.25) is 4.79 Å². The summed E-state index contributed by atoms with van der Waals surface area (Å²) in [5.74, 6) is -0.0339. The summed E-state index contributed by atoms with van der Waals surface area (Å²) in [6.45, 7) is 5.49. The van der Waals surface area contributed by atoms with Gasteiger partial charge in [-0.1, -0.05) is 0 Å². The van der Waals surface area contributed by atoms with Gasteiger partial charge in [0, 0.05) is 12.7 Å². The Bertz CT molecular complexity index is 752. The molecule has 0 fully saturated rings. The van der Waals surface area contributed by atoms with Crippen LogP contribution < -0.4 is 4.74 Å². The number of nitrogens with zero attached hydrogens (tertiary/aromatic N) is 3. The maximum absolute atomic E-state index is 12.6. The van der Waals surface area contributed by atoms with E-state index in [0.29, 0.717) is 0 Å². The molecule has 2 aromatic rings. The number of carbonyl (C=O) groups is 2. The van der Waals surface area contributed by atoms with Crippen LogP contribution in [-0.4, -0.2) is 53.4 Å². The molecule has 0 saturated carbocycles. The SMILES string of the molecule is CCOC(=O)[C@@H](C)N(C)C(=O)c1cc(C)n(-c2ccc(OC)cc2)n1. The first-order valence-electron chi connectivity index (χ1n) is 8.04. The lowest BCUT2D eigenvalue weighted by molar-refractivity contribution is -0.147. The van der Waals surface area contributed by atoms with Gasteiger partial charge in [-0.15, -0.1) is 0 Å². The summed E-state index contributed by atoms with van der Waals surface area (Å²) in [5.41, 5.74) is 1.90. The molecule has 0 unspecified atom stereocenters. The number of rotatable bonds is 6. The standard InChI is InChI=1S/C18H23N3O4/c1-6-25-18(23)13(3)20(4)17(22)16-11-12(2)21(19-16)14-7-9-15(24-5)10-8-14/h7-11,13H,6H2,1-5H3/t13-/m1/s1. The molecule has 7 nitrogen and oxygen atoms in total. The van der Waals surface area contributed by atoms with Gasteiger partial charge in [0.2, 0.25) is 0 Å². The van der Waals surface area contributed by atoms with Gasteiger partial charge in [-0.25, -0.2) is 9.48 Å². The van der Waals surface area contributed by atoms with Crippen molar-refractivity contribution >= 4 is 11.9 Å². The van der Waals surface area contributed by atoms with Crippen LogP contribution in [0, 0.1) is 6.92 Å². The zero-order chi connectivity index (χ0) is 18.6. The average Bonchev–Trinajstić information content (AvgIpc) is 3.01. The molecule has 0 radical (unpaired) electrons. The van der Waals surface area contributed by atoms with Crippen molar-refractivity contribution in [2.45, 2.75) is 26.8 Å². The topological polar surface area (TPSA) is 73.7 Å². The lowest BCUT2D eigenvalue weighted by Crippen LogP contribution is -2.41. The predicted molar refractivity (Wildman–Crippen MR) is 93.0 cm³/mol. The molecule has 2 rings (SSSR count). The van der Waals surface area contributed by atoms with Crippen molar-refractivity contribution in [1.82, 2.24) is 14.7 Å². The normalized spacial score (nSPS) is 11.7. The second-order valence-electron chi connectivity index (χ2n) is 5.62. The minimum absolute atomic E-state index is 0.270. The Labute approximate surface area is 147 Å².